The summed E-state index contributed by atoms with van der Waals surface area (Å²) < 4.78 is 7.77. The van der Waals surface area contributed by atoms with Crippen LogP contribution in [0.4, 0.5) is 4.79 Å². The minimum absolute atomic E-state index is 0.233. The number of carbonyl (C=O) groups excluding carboxylic acids is 2. The Balaban J connectivity index is 1.80. The number of nitrogens with zero attached hydrogens (tertiary/aromatic N) is 1. The number of rotatable bonds is 5. The van der Waals surface area contributed by atoms with Gasteiger partial charge in [0.05, 0.1) is 12.0 Å². The standard InChI is InChI=1S/C19H13Cl2I2NO3S/c1-2-24-18(25)16(28-19(24)26)7-10-5-14(22)17(15(23)6-10)27-9-11-3-4-12(20)8-13(11)21/h3-8H,2,9H2,1H3/b16-7+. The van der Waals surface area contributed by atoms with Gasteiger partial charge in [0.15, 0.2) is 0 Å². The second-order valence-electron chi connectivity index (χ2n) is 5.76. The van der Waals surface area contributed by atoms with Gasteiger partial charge in [0.25, 0.3) is 11.1 Å². The summed E-state index contributed by atoms with van der Waals surface area (Å²) in [5.41, 5.74) is 1.68. The largest absolute Gasteiger partial charge is 0.487 e. The molecule has 0 aromatic heterocycles. The number of hydrogen-bond acceptors (Lipinski definition) is 4. The monoisotopic (exact) mass is 659 g/mol. The fourth-order valence-electron chi connectivity index (χ4n) is 2.51. The number of likely N-dealkylation sites (N-methyl/N-ethyl adjacent to an activating group) is 1. The van der Waals surface area contributed by atoms with Gasteiger partial charge in [-0.15, -0.1) is 0 Å². The van der Waals surface area contributed by atoms with E-state index in [4.69, 9.17) is 27.9 Å². The van der Waals surface area contributed by atoms with E-state index in [-0.39, 0.29) is 11.1 Å². The molecule has 0 radical (unpaired) electrons. The van der Waals surface area contributed by atoms with Gasteiger partial charge in [-0.2, -0.15) is 0 Å². The maximum Gasteiger partial charge on any atom is 0.293 e. The molecule has 2 aromatic rings. The Hall–Kier alpha value is -0.490. The van der Waals surface area contributed by atoms with Crippen molar-refractivity contribution in [2.24, 2.45) is 0 Å². The zero-order valence-corrected chi connectivity index (χ0v) is 21.1. The highest BCUT2D eigenvalue weighted by atomic mass is 127. The lowest BCUT2D eigenvalue weighted by Crippen LogP contribution is -2.27. The molecular weight excluding hydrogens is 647 g/mol. The first-order valence-electron chi connectivity index (χ1n) is 8.11. The zero-order chi connectivity index (χ0) is 20.4. The molecule has 4 nitrogen and oxygen atoms in total. The van der Waals surface area contributed by atoms with Crippen LogP contribution in [0.15, 0.2) is 35.2 Å². The number of benzene rings is 2. The topological polar surface area (TPSA) is 46.6 Å². The quantitative estimate of drug-likeness (QED) is 0.261. The normalized spacial score (nSPS) is 15.6. The summed E-state index contributed by atoms with van der Waals surface area (Å²) in [6, 6.07) is 9.13. The van der Waals surface area contributed by atoms with Crippen LogP contribution < -0.4 is 4.74 Å². The van der Waals surface area contributed by atoms with Crippen LogP contribution in [-0.2, 0) is 11.4 Å². The van der Waals surface area contributed by atoms with Gasteiger partial charge < -0.3 is 4.74 Å². The summed E-state index contributed by atoms with van der Waals surface area (Å²) in [6.45, 7) is 2.47. The number of imide groups is 1. The van der Waals surface area contributed by atoms with E-state index in [1.54, 1.807) is 25.1 Å². The lowest BCUT2D eigenvalue weighted by molar-refractivity contribution is -0.122. The Bertz CT molecular complexity index is 974. The molecule has 0 bridgehead atoms. The zero-order valence-electron chi connectivity index (χ0n) is 14.5. The maximum atomic E-state index is 12.3. The fourth-order valence-corrected chi connectivity index (χ4v) is 6.01. The van der Waals surface area contributed by atoms with E-state index in [1.807, 2.05) is 18.2 Å². The predicted octanol–water partition coefficient (Wildman–Crippen LogP) is 6.84. The van der Waals surface area contributed by atoms with Crippen molar-refractivity contribution in [2.45, 2.75) is 13.5 Å². The molecule has 28 heavy (non-hydrogen) atoms. The first kappa shape index (κ1) is 22.2. The maximum absolute atomic E-state index is 12.3. The molecule has 1 aliphatic heterocycles. The molecule has 146 valence electrons. The highest BCUT2D eigenvalue weighted by Gasteiger charge is 2.33. The van der Waals surface area contributed by atoms with Crippen LogP contribution in [-0.4, -0.2) is 22.6 Å². The van der Waals surface area contributed by atoms with Crippen molar-refractivity contribution < 1.29 is 14.3 Å². The third-order valence-electron chi connectivity index (χ3n) is 3.90. The molecule has 1 saturated heterocycles. The second-order valence-corrected chi connectivity index (χ2v) is 9.93. The van der Waals surface area contributed by atoms with Crippen LogP contribution in [0.1, 0.15) is 18.1 Å². The third kappa shape index (κ3) is 4.97. The first-order chi connectivity index (χ1) is 13.3. The van der Waals surface area contributed by atoms with Gasteiger partial charge in [-0.25, -0.2) is 0 Å². The smallest absolute Gasteiger partial charge is 0.293 e. The second kappa shape index (κ2) is 9.55. The van der Waals surface area contributed by atoms with Crippen LogP contribution in [0.5, 0.6) is 5.75 Å². The Labute approximate surface area is 204 Å². The predicted molar refractivity (Wildman–Crippen MR) is 131 cm³/mol. The molecule has 0 N–H and O–H groups in total. The Morgan fingerprint density at radius 3 is 2.39 bits per heavy atom. The average Bonchev–Trinajstić information content (AvgIpc) is 2.88. The molecule has 1 fully saturated rings. The van der Waals surface area contributed by atoms with Crippen molar-refractivity contribution in [2.75, 3.05) is 6.54 Å². The van der Waals surface area contributed by atoms with E-state index < -0.39 is 0 Å². The first-order valence-corrected chi connectivity index (χ1v) is 11.8. The van der Waals surface area contributed by atoms with E-state index in [1.165, 1.54) is 4.90 Å². The van der Waals surface area contributed by atoms with Crippen molar-refractivity contribution in [3.63, 3.8) is 0 Å². The number of hydrogen-bond donors (Lipinski definition) is 0. The number of amides is 2. The van der Waals surface area contributed by atoms with E-state index in [0.717, 1.165) is 35.8 Å². The minimum atomic E-state index is -0.250. The summed E-state index contributed by atoms with van der Waals surface area (Å²) in [6.07, 6.45) is 1.74. The number of carbonyl (C=O) groups is 2. The molecule has 0 aliphatic carbocycles. The molecule has 1 aliphatic rings. The van der Waals surface area contributed by atoms with Gasteiger partial charge >= 0.3 is 0 Å². The van der Waals surface area contributed by atoms with Crippen molar-refractivity contribution in [3.8, 4) is 5.75 Å². The third-order valence-corrected chi connectivity index (χ3v) is 6.99. The highest BCUT2D eigenvalue weighted by Crippen LogP contribution is 2.35. The SMILES string of the molecule is CCN1C(=O)S/C(=C/c2cc(I)c(OCc3ccc(Cl)cc3Cl)c(I)c2)C1=O. The van der Waals surface area contributed by atoms with Gasteiger partial charge in [0.2, 0.25) is 0 Å². The van der Waals surface area contributed by atoms with Crippen molar-refractivity contribution in [3.05, 3.63) is 63.5 Å². The molecule has 3 rings (SSSR count). The van der Waals surface area contributed by atoms with Crippen molar-refractivity contribution in [1.82, 2.24) is 4.90 Å². The molecule has 2 aromatic carbocycles. The summed E-state index contributed by atoms with van der Waals surface area (Å²) in [7, 11) is 0. The minimum Gasteiger partial charge on any atom is -0.487 e. The van der Waals surface area contributed by atoms with Gasteiger partial charge in [-0.1, -0.05) is 29.3 Å². The van der Waals surface area contributed by atoms with Gasteiger partial charge in [-0.3, -0.25) is 14.5 Å². The van der Waals surface area contributed by atoms with E-state index in [2.05, 4.69) is 45.2 Å². The van der Waals surface area contributed by atoms with Crippen LogP contribution in [0.2, 0.25) is 10.0 Å². The Kier molecular flexibility index (Phi) is 7.57. The fraction of sp³-hybridized carbons (Fsp3) is 0.158. The van der Waals surface area contributed by atoms with E-state index in [0.29, 0.717) is 28.1 Å². The van der Waals surface area contributed by atoms with E-state index in [9.17, 15) is 9.59 Å². The molecule has 0 unspecified atom stereocenters. The lowest BCUT2D eigenvalue weighted by atomic mass is 10.2. The molecule has 0 spiro atoms. The van der Waals surface area contributed by atoms with Crippen molar-refractivity contribution in [1.29, 1.82) is 0 Å². The molecule has 2 amide bonds. The van der Waals surface area contributed by atoms with Crippen LogP contribution in [0, 0.1) is 7.14 Å². The molecule has 0 saturated carbocycles. The Morgan fingerprint density at radius 1 is 1.14 bits per heavy atom. The lowest BCUT2D eigenvalue weighted by Gasteiger charge is -2.13. The van der Waals surface area contributed by atoms with Crippen LogP contribution in [0.3, 0.4) is 0 Å². The van der Waals surface area contributed by atoms with Gasteiger partial charge in [0, 0.05) is 22.2 Å². The van der Waals surface area contributed by atoms with Crippen LogP contribution >= 0.6 is 80.1 Å². The number of ether oxygens (including phenoxy) is 1. The highest BCUT2D eigenvalue weighted by molar-refractivity contribution is 14.1. The summed E-state index contributed by atoms with van der Waals surface area (Å²) in [5.74, 6) is 0.492. The Morgan fingerprint density at radius 2 is 1.82 bits per heavy atom. The van der Waals surface area contributed by atoms with Gasteiger partial charge in [-0.05, 0) is 99.8 Å². The molecule has 9 heteroatoms. The summed E-state index contributed by atoms with van der Waals surface area (Å²) in [4.78, 5) is 25.8. The van der Waals surface area contributed by atoms with Crippen LogP contribution in [0.25, 0.3) is 6.08 Å². The average molecular weight is 660 g/mol. The molecule has 0 atom stereocenters. The summed E-state index contributed by atoms with van der Waals surface area (Å²) in [5, 5.41) is 0.901. The molecular formula is C19H13Cl2I2NO3S. The summed E-state index contributed by atoms with van der Waals surface area (Å²) >= 11 is 17.5. The number of thioether (sulfide) groups is 1. The molecule has 1 heterocycles. The van der Waals surface area contributed by atoms with E-state index >= 15 is 0 Å². The van der Waals surface area contributed by atoms with Gasteiger partial charge in [0.1, 0.15) is 12.4 Å². The van der Waals surface area contributed by atoms with Crippen molar-refractivity contribution >= 4 is 97.4 Å². The number of halogens is 4.